The third kappa shape index (κ3) is 1.75. The van der Waals surface area contributed by atoms with Gasteiger partial charge in [0.15, 0.2) is 0 Å². The monoisotopic (exact) mass is 229 g/mol. The number of para-hydroxylation sites is 2. The molecule has 2 aromatic rings. The second-order valence-electron chi connectivity index (χ2n) is 4.97. The minimum absolute atomic E-state index is 0.389. The number of nitrogens with two attached hydrogens (primary N) is 1. The van der Waals surface area contributed by atoms with Crippen molar-refractivity contribution in [2.75, 3.05) is 0 Å². The average Bonchev–Trinajstić information content (AvgIpc) is 2.71. The molecular formula is C14H19N3. The van der Waals surface area contributed by atoms with Crippen LogP contribution in [0.2, 0.25) is 0 Å². The Labute approximate surface area is 102 Å². The molecule has 1 aliphatic rings. The molecule has 17 heavy (non-hydrogen) atoms. The summed E-state index contributed by atoms with van der Waals surface area (Å²) in [6.07, 6.45) is 3.47. The number of aromatic nitrogens is 2. The average molecular weight is 229 g/mol. The Hall–Kier alpha value is -1.35. The number of hydrogen-bond donors (Lipinski definition) is 1. The lowest BCUT2D eigenvalue weighted by molar-refractivity contribution is 0.250. The number of rotatable bonds is 3. The minimum atomic E-state index is 0.389. The standard InChI is InChI=1S/C14H19N3/c1-2-17-13-6-4-3-5-12(13)16-14(17)9-10-7-8-11(10)15/h3-6,10-11H,2,7-9,15H2,1H3. The number of imidazole rings is 1. The van der Waals surface area contributed by atoms with E-state index in [4.69, 9.17) is 10.7 Å². The highest BCUT2D eigenvalue weighted by molar-refractivity contribution is 5.75. The van der Waals surface area contributed by atoms with Gasteiger partial charge >= 0.3 is 0 Å². The summed E-state index contributed by atoms with van der Waals surface area (Å²) in [4.78, 5) is 4.75. The molecule has 3 nitrogen and oxygen atoms in total. The van der Waals surface area contributed by atoms with Crippen molar-refractivity contribution < 1.29 is 0 Å². The van der Waals surface area contributed by atoms with Gasteiger partial charge in [-0.1, -0.05) is 12.1 Å². The van der Waals surface area contributed by atoms with Crippen LogP contribution in [0.5, 0.6) is 0 Å². The third-order valence-electron chi connectivity index (χ3n) is 3.97. The van der Waals surface area contributed by atoms with Crippen molar-refractivity contribution in [1.29, 1.82) is 0 Å². The van der Waals surface area contributed by atoms with Gasteiger partial charge in [-0.2, -0.15) is 0 Å². The van der Waals surface area contributed by atoms with E-state index in [1.54, 1.807) is 0 Å². The van der Waals surface area contributed by atoms with Gasteiger partial charge in [0.1, 0.15) is 5.82 Å². The van der Waals surface area contributed by atoms with Gasteiger partial charge in [-0.15, -0.1) is 0 Å². The Morgan fingerprint density at radius 1 is 1.35 bits per heavy atom. The van der Waals surface area contributed by atoms with Crippen LogP contribution in [-0.2, 0) is 13.0 Å². The molecule has 3 rings (SSSR count). The Morgan fingerprint density at radius 3 is 2.82 bits per heavy atom. The van der Waals surface area contributed by atoms with E-state index in [0.29, 0.717) is 12.0 Å². The Kier molecular flexibility index (Phi) is 2.63. The molecule has 2 unspecified atom stereocenters. The maximum absolute atomic E-state index is 6.02. The summed E-state index contributed by atoms with van der Waals surface area (Å²) in [6.45, 7) is 3.16. The lowest BCUT2D eigenvalue weighted by Gasteiger charge is -2.33. The van der Waals surface area contributed by atoms with E-state index in [2.05, 4.69) is 29.7 Å². The summed E-state index contributed by atoms with van der Waals surface area (Å²) in [5.74, 6) is 1.84. The zero-order valence-corrected chi connectivity index (χ0v) is 10.3. The van der Waals surface area contributed by atoms with E-state index in [1.807, 2.05) is 6.07 Å². The molecule has 0 saturated heterocycles. The van der Waals surface area contributed by atoms with Crippen molar-refractivity contribution in [3.8, 4) is 0 Å². The molecule has 3 heteroatoms. The molecule has 1 aromatic carbocycles. The molecule has 1 aliphatic carbocycles. The highest BCUT2D eigenvalue weighted by Gasteiger charge is 2.28. The first-order chi connectivity index (χ1) is 8.29. The SMILES string of the molecule is CCn1c(CC2CCC2N)nc2ccccc21. The summed E-state index contributed by atoms with van der Waals surface area (Å²) in [7, 11) is 0. The molecule has 0 aliphatic heterocycles. The molecule has 1 aromatic heterocycles. The zero-order chi connectivity index (χ0) is 11.8. The zero-order valence-electron chi connectivity index (χ0n) is 10.3. The summed E-state index contributed by atoms with van der Waals surface area (Å²) in [6, 6.07) is 8.76. The van der Waals surface area contributed by atoms with Crippen LogP contribution in [-0.4, -0.2) is 15.6 Å². The van der Waals surface area contributed by atoms with E-state index in [1.165, 1.54) is 24.2 Å². The Morgan fingerprint density at radius 2 is 2.18 bits per heavy atom. The van der Waals surface area contributed by atoms with Gasteiger partial charge in [0.2, 0.25) is 0 Å². The lowest BCUT2D eigenvalue weighted by Crippen LogP contribution is -2.40. The molecule has 0 radical (unpaired) electrons. The van der Waals surface area contributed by atoms with Crippen LogP contribution in [0.1, 0.15) is 25.6 Å². The smallest absolute Gasteiger partial charge is 0.110 e. The fourth-order valence-electron chi connectivity index (χ4n) is 2.72. The lowest BCUT2D eigenvalue weighted by atomic mass is 9.78. The summed E-state index contributed by atoms with van der Waals surface area (Å²) >= 11 is 0. The highest BCUT2D eigenvalue weighted by Crippen LogP contribution is 2.29. The first-order valence-electron chi connectivity index (χ1n) is 6.49. The van der Waals surface area contributed by atoms with Gasteiger partial charge in [-0.3, -0.25) is 0 Å². The summed E-state index contributed by atoms with van der Waals surface area (Å²) in [5, 5.41) is 0. The second kappa shape index (κ2) is 4.15. The predicted octanol–water partition coefficient (Wildman–Crippen LogP) is 2.34. The fourth-order valence-corrected chi connectivity index (χ4v) is 2.72. The Bertz CT molecular complexity index is 529. The van der Waals surface area contributed by atoms with Gasteiger partial charge in [0.05, 0.1) is 11.0 Å². The molecule has 90 valence electrons. The van der Waals surface area contributed by atoms with Crippen molar-refractivity contribution >= 4 is 11.0 Å². The first-order valence-corrected chi connectivity index (χ1v) is 6.49. The number of aryl methyl sites for hydroxylation is 1. The second-order valence-corrected chi connectivity index (χ2v) is 4.97. The van der Waals surface area contributed by atoms with Gasteiger partial charge < -0.3 is 10.3 Å². The first kappa shape index (κ1) is 10.8. The van der Waals surface area contributed by atoms with Gasteiger partial charge in [-0.25, -0.2) is 4.98 Å². The molecule has 2 atom stereocenters. The molecule has 0 amide bonds. The molecule has 1 fully saturated rings. The van der Waals surface area contributed by atoms with Crippen molar-refractivity contribution in [2.45, 2.75) is 38.8 Å². The van der Waals surface area contributed by atoms with E-state index >= 15 is 0 Å². The summed E-state index contributed by atoms with van der Waals surface area (Å²) < 4.78 is 2.32. The largest absolute Gasteiger partial charge is 0.328 e. The van der Waals surface area contributed by atoms with E-state index in [9.17, 15) is 0 Å². The van der Waals surface area contributed by atoms with Crippen LogP contribution in [0.3, 0.4) is 0 Å². The van der Waals surface area contributed by atoms with Crippen molar-refractivity contribution in [1.82, 2.24) is 9.55 Å². The molecule has 2 N–H and O–H groups in total. The molecule has 1 heterocycles. The van der Waals surface area contributed by atoms with Crippen molar-refractivity contribution in [3.05, 3.63) is 30.1 Å². The van der Waals surface area contributed by atoms with Gasteiger partial charge in [-0.05, 0) is 37.8 Å². The third-order valence-corrected chi connectivity index (χ3v) is 3.97. The van der Waals surface area contributed by atoms with Crippen molar-refractivity contribution in [2.24, 2.45) is 11.7 Å². The number of hydrogen-bond acceptors (Lipinski definition) is 2. The highest BCUT2D eigenvalue weighted by atomic mass is 15.1. The Balaban J connectivity index is 1.97. The maximum atomic E-state index is 6.02. The number of benzene rings is 1. The fraction of sp³-hybridized carbons (Fsp3) is 0.500. The van der Waals surface area contributed by atoms with E-state index < -0.39 is 0 Å². The summed E-state index contributed by atoms with van der Waals surface area (Å²) in [5.41, 5.74) is 8.38. The quantitative estimate of drug-likeness (QED) is 0.878. The van der Waals surface area contributed by atoms with Crippen LogP contribution in [0, 0.1) is 5.92 Å². The van der Waals surface area contributed by atoms with Crippen LogP contribution >= 0.6 is 0 Å². The van der Waals surface area contributed by atoms with E-state index in [-0.39, 0.29) is 0 Å². The molecule has 0 spiro atoms. The van der Waals surface area contributed by atoms with Crippen LogP contribution < -0.4 is 5.73 Å². The van der Waals surface area contributed by atoms with Crippen LogP contribution in [0.25, 0.3) is 11.0 Å². The minimum Gasteiger partial charge on any atom is -0.328 e. The predicted molar refractivity (Wildman–Crippen MR) is 69.8 cm³/mol. The van der Waals surface area contributed by atoms with Crippen LogP contribution in [0.15, 0.2) is 24.3 Å². The molecule has 0 bridgehead atoms. The molecular weight excluding hydrogens is 210 g/mol. The van der Waals surface area contributed by atoms with E-state index in [0.717, 1.165) is 18.5 Å². The van der Waals surface area contributed by atoms with Crippen LogP contribution in [0.4, 0.5) is 0 Å². The normalized spacial score (nSPS) is 23.9. The molecule has 1 saturated carbocycles. The number of fused-ring (bicyclic) bond motifs is 1. The van der Waals surface area contributed by atoms with Crippen molar-refractivity contribution in [3.63, 3.8) is 0 Å². The topological polar surface area (TPSA) is 43.8 Å². The maximum Gasteiger partial charge on any atom is 0.110 e. The number of nitrogens with zero attached hydrogens (tertiary/aromatic N) is 2. The van der Waals surface area contributed by atoms with Gasteiger partial charge in [0.25, 0.3) is 0 Å². The van der Waals surface area contributed by atoms with Gasteiger partial charge in [0, 0.05) is 19.0 Å².